The molecular weight excluding hydrogens is 380 g/mol. The number of anilines is 1. The van der Waals surface area contributed by atoms with Gasteiger partial charge >= 0.3 is 0 Å². The quantitative estimate of drug-likeness (QED) is 0.190. The summed E-state index contributed by atoms with van der Waals surface area (Å²) in [6, 6.07) is 3.61. The van der Waals surface area contributed by atoms with Crippen molar-refractivity contribution in [2.24, 2.45) is 4.99 Å². The predicted octanol–water partition coefficient (Wildman–Crippen LogP) is 3.35. The SMILES string of the molecule is CN/C=C\C=C(/C=O)NC(=O)c1cc(C=NC2CCCCC2)c(N)cc1OC(C)C. The topological polar surface area (TPSA) is 106 Å². The van der Waals surface area contributed by atoms with Crippen LogP contribution in [0, 0.1) is 0 Å². The van der Waals surface area contributed by atoms with E-state index in [1.165, 1.54) is 25.3 Å². The zero-order valence-electron chi connectivity index (χ0n) is 18.0. The van der Waals surface area contributed by atoms with Crippen LogP contribution in [0.4, 0.5) is 5.69 Å². The lowest BCUT2D eigenvalue weighted by Crippen LogP contribution is -2.25. The molecule has 30 heavy (non-hydrogen) atoms. The number of hydrogen-bond acceptors (Lipinski definition) is 6. The van der Waals surface area contributed by atoms with E-state index in [9.17, 15) is 9.59 Å². The van der Waals surface area contributed by atoms with Crippen molar-refractivity contribution in [2.45, 2.75) is 58.1 Å². The molecule has 1 aliphatic rings. The van der Waals surface area contributed by atoms with E-state index in [1.807, 2.05) is 13.8 Å². The molecule has 0 atom stereocenters. The number of aldehydes is 1. The van der Waals surface area contributed by atoms with Gasteiger partial charge in [0.15, 0.2) is 6.29 Å². The number of ether oxygens (including phenoxy) is 1. The minimum absolute atomic E-state index is 0.135. The number of benzene rings is 1. The number of amides is 1. The first kappa shape index (κ1) is 23.2. The average molecular weight is 413 g/mol. The van der Waals surface area contributed by atoms with Gasteiger partial charge in [-0.05, 0) is 51.1 Å². The highest BCUT2D eigenvalue weighted by Crippen LogP contribution is 2.27. The van der Waals surface area contributed by atoms with Crippen LogP contribution in [0.5, 0.6) is 5.75 Å². The van der Waals surface area contributed by atoms with Gasteiger partial charge in [0, 0.05) is 36.6 Å². The van der Waals surface area contributed by atoms with E-state index in [4.69, 9.17) is 10.5 Å². The Kier molecular flexibility index (Phi) is 9.12. The molecule has 0 unspecified atom stereocenters. The molecule has 0 aliphatic heterocycles. The van der Waals surface area contributed by atoms with Gasteiger partial charge in [-0.2, -0.15) is 0 Å². The van der Waals surface area contributed by atoms with Crippen LogP contribution in [0.15, 0.2) is 41.2 Å². The second kappa shape index (κ2) is 11.8. The molecule has 0 aromatic heterocycles. The van der Waals surface area contributed by atoms with Gasteiger partial charge in [-0.1, -0.05) is 19.3 Å². The van der Waals surface area contributed by atoms with Crippen molar-refractivity contribution in [3.8, 4) is 5.75 Å². The Morgan fingerprint density at radius 1 is 1.27 bits per heavy atom. The zero-order chi connectivity index (χ0) is 21.9. The maximum atomic E-state index is 12.9. The predicted molar refractivity (Wildman–Crippen MR) is 121 cm³/mol. The number of nitrogens with two attached hydrogens (primary N) is 1. The number of allylic oxidation sites excluding steroid dienone is 3. The minimum atomic E-state index is -0.450. The molecule has 1 saturated carbocycles. The monoisotopic (exact) mass is 412 g/mol. The molecule has 1 aliphatic carbocycles. The average Bonchev–Trinajstić information content (AvgIpc) is 2.72. The molecule has 4 N–H and O–H groups in total. The number of nitrogens with zero attached hydrogens (tertiary/aromatic N) is 1. The van der Waals surface area contributed by atoms with Crippen molar-refractivity contribution in [1.82, 2.24) is 10.6 Å². The van der Waals surface area contributed by atoms with Gasteiger partial charge in [-0.15, -0.1) is 0 Å². The molecule has 1 aromatic rings. The van der Waals surface area contributed by atoms with Gasteiger partial charge in [-0.3, -0.25) is 14.6 Å². The third-order valence-corrected chi connectivity index (χ3v) is 4.72. The van der Waals surface area contributed by atoms with E-state index in [-0.39, 0.29) is 11.8 Å². The van der Waals surface area contributed by atoms with Crippen LogP contribution in [0.3, 0.4) is 0 Å². The summed E-state index contributed by atoms with van der Waals surface area (Å²) in [7, 11) is 1.74. The van der Waals surface area contributed by atoms with Crippen molar-refractivity contribution < 1.29 is 14.3 Å². The van der Waals surface area contributed by atoms with Crippen molar-refractivity contribution >= 4 is 24.1 Å². The van der Waals surface area contributed by atoms with Gasteiger partial charge in [0.1, 0.15) is 5.75 Å². The molecule has 0 heterocycles. The van der Waals surface area contributed by atoms with Gasteiger partial charge < -0.3 is 21.1 Å². The second-order valence-electron chi connectivity index (χ2n) is 7.56. The molecule has 0 bridgehead atoms. The van der Waals surface area contributed by atoms with Crippen LogP contribution in [0.25, 0.3) is 0 Å². The summed E-state index contributed by atoms with van der Waals surface area (Å²) in [5, 5.41) is 5.43. The zero-order valence-corrected chi connectivity index (χ0v) is 18.0. The Morgan fingerprint density at radius 2 is 2.00 bits per heavy atom. The highest BCUT2D eigenvalue weighted by atomic mass is 16.5. The smallest absolute Gasteiger partial charge is 0.259 e. The Bertz CT molecular complexity index is 822. The summed E-state index contributed by atoms with van der Waals surface area (Å²) in [6.45, 7) is 3.74. The summed E-state index contributed by atoms with van der Waals surface area (Å²) in [4.78, 5) is 28.9. The summed E-state index contributed by atoms with van der Waals surface area (Å²) in [5.74, 6) is -0.0833. The minimum Gasteiger partial charge on any atom is -0.490 e. The van der Waals surface area contributed by atoms with E-state index in [1.54, 1.807) is 37.7 Å². The lowest BCUT2D eigenvalue weighted by molar-refractivity contribution is -0.105. The van der Waals surface area contributed by atoms with Crippen LogP contribution in [0.1, 0.15) is 61.9 Å². The van der Waals surface area contributed by atoms with E-state index in [2.05, 4.69) is 15.6 Å². The molecule has 162 valence electrons. The third kappa shape index (κ3) is 7.06. The first-order valence-corrected chi connectivity index (χ1v) is 10.4. The van der Waals surface area contributed by atoms with Crippen LogP contribution < -0.4 is 21.1 Å². The van der Waals surface area contributed by atoms with Gasteiger partial charge in [0.25, 0.3) is 5.91 Å². The lowest BCUT2D eigenvalue weighted by Gasteiger charge is -2.18. The first-order valence-electron chi connectivity index (χ1n) is 10.4. The van der Waals surface area contributed by atoms with Crippen molar-refractivity contribution in [1.29, 1.82) is 0 Å². The Balaban J connectivity index is 2.32. The molecule has 0 saturated heterocycles. The largest absolute Gasteiger partial charge is 0.490 e. The molecule has 1 aromatic carbocycles. The second-order valence-corrected chi connectivity index (χ2v) is 7.56. The highest BCUT2D eigenvalue weighted by molar-refractivity contribution is 6.03. The van der Waals surface area contributed by atoms with Gasteiger partial charge in [0.05, 0.1) is 17.4 Å². The maximum absolute atomic E-state index is 12.9. The highest BCUT2D eigenvalue weighted by Gasteiger charge is 2.18. The summed E-state index contributed by atoms with van der Waals surface area (Å²) in [6.07, 6.45) is 12.8. The first-order chi connectivity index (χ1) is 14.4. The van der Waals surface area contributed by atoms with Gasteiger partial charge in [0.2, 0.25) is 0 Å². The van der Waals surface area contributed by atoms with Crippen molar-refractivity contribution in [2.75, 3.05) is 12.8 Å². The molecule has 7 nitrogen and oxygen atoms in total. The lowest BCUT2D eigenvalue weighted by atomic mass is 9.96. The van der Waals surface area contributed by atoms with E-state index >= 15 is 0 Å². The summed E-state index contributed by atoms with van der Waals surface area (Å²) < 4.78 is 5.79. The Hall–Kier alpha value is -3.09. The van der Waals surface area contributed by atoms with Crippen LogP contribution in [-0.4, -0.2) is 37.6 Å². The Morgan fingerprint density at radius 3 is 2.63 bits per heavy atom. The maximum Gasteiger partial charge on any atom is 0.259 e. The number of hydrogen-bond donors (Lipinski definition) is 3. The van der Waals surface area contributed by atoms with E-state index < -0.39 is 5.91 Å². The van der Waals surface area contributed by atoms with Crippen molar-refractivity contribution in [3.05, 3.63) is 47.3 Å². The van der Waals surface area contributed by atoms with Crippen LogP contribution in [0.2, 0.25) is 0 Å². The molecular formula is C23H32N4O3. The fraction of sp³-hybridized carbons (Fsp3) is 0.435. The van der Waals surface area contributed by atoms with E-state index in [0.717, 1.165) is 12.8 Å². The van der Waals surface area contributed by atoms with Gasteiger partial charge in [-0.25, -0.2) is 0 Å². The Labute approximate surface area is 178 Å². The number of nitrogens with one attached hydrogen (secondary N) is 2. The summed E-state index contributed by atoms with van der Waals surface area (Å²) in [5.41, 5.74) is 7.79. The van der Waals surface area contributed by atoms with Crippen LogP contribution >= 0.6 is 0 Å². The van der Waals surface area contributed by atoms with E-state index in [0.29, 0.717) is 34.9 Å². The molecule has 0 spiro atoms. The van der Waals surface area contributed by atoms with Crippen LogP contribution in [-0.2, 0) is 4.79 Å². The molecule has 0 radical (unpaired) electrons. The fourth-order valence-corrected chi connectivity index (χ4v) is 3.23. The number of nitrogen functional groups attached to an aromatic ring is 1. The number of carbonyl (C=O) groups is 2. The molecule has 7 heteroatoms. The number of carbonyl (C=O) groups excluding carboxylic acids is 2. The standard InChI is InChI=1S/C23H32N4O3/c1-16(2)30-22-13-21(24)17(14-26-18-8-5-4-6-9-18)12-20(22)23(29)27-19(15-28)10-7-11-25-3/h7,10-16,18,25H,4-6,8-9,24H2,1-3H3,(H,27,29)/b11-7-,19-10+,26-14?. The fourth-order valence-electron chi connectivity index (χ4n) is 3.23. The third-order valence-electron chi connectivity index (χ3n) is 4.72. The normalized spacial score (nSPS) is 15.7. The molecule has 1 fully saturated rings. The summed E-state index contributed by atoms with van der Waals surface area (Å²) >= 11 is 0. The molecule has 1 amide bonds. The number of rotatable bonds is 9. The molecule has 2 rings (SSSR count). The van der Waals surface area contributed by atoms with Crippen molar-refractivity contribution in [3.63, 3.8) is 0 Å². The number of aliphatic imine (C=N–C) groups is 1.